The van der Waals surface area contributed by atoms with Crippen LogP contribution in [0, 0.1) is 5.92 Å². The summed E-state index contributed by atoms with van der Waals surface area (Å²) in [4.78, 5) is 10.7. The molecule has 12 heavy (non-hydrogen) atoms. The van der Waals surface area contributed by atoms with Crippen LogP contribution in [0.25, 0.3) is 0 Å². The fraction of sp³-hybridized carbons (Fsp3) is 0.900. The SMILES string of the molecule is CC.CC(=O)CC1CCNCC1. The lowest BCUT2D eigenvalue weighted by Gasteiger charge is -2.20. The van der Waals surface area contributed by atoms with Crippen LogP contribution < -0.4 is 5.32 Å². The Morgan fingerprint density at radius 1 is 1.33 bits per heavy atom. The molecule has 0 unspecified atom stereocenters. The number of hydrogen-bond acceptors (Lipinski definition) is 2. The van der Waals surface area contributed by atoms with Gasteiger partial charge < -0.3 is 10.1 Å². The maximum Gasteiger partial charge on any atom is 0.130 e. The maximum absolute atomic E-state index is 10.7. The molecule has 1 heterocycles. The molecule has 0 radical (unpaired) electrons. The molecule has 0 bridgehead atoms. The summed E-state index contributed by atoms with van der Waals surface area (Å²) >= 11 is 0. The quantitative estimate of drug-likeness (QED) is 0.688. The summed E-state index contributed by atoms with van der Waals surface area (Å²) in [6, 6.07) is 0. The van der Waals surface area contributed by atoms with Crippen LogP contribution in [0.3, 0.4) is 0 Å². The topological polar surface area (TPSA) is 29.1 Å². The Hall–Kier alpha value is -0.370. The lowest BCUT2D eigenvalue weighted by atomic mass is 9.93. The Bertz CT molecular complexity index is 117. The van der Waals surface area contributed by atoms with E-state index in [1.54, 1.807) is 6.92 Å². The molecule has 0 aromatic carbocycles. The van der Waals surface area contributed by atoms with E-state index in [1.165, 1.54) is 12.8 Å². The molecule has 0 amide bonds. The number of Topliss-reactive ketones (excluding diaryl/α,β-unsaturated/α-hetero) is 1. The normalized spacial score (nSPS) is 17.9. The zero-order chi connectivity index (χ0) is 9.40. The van der Waals surface area contributed by atoms with Crippen molar-refractivity contribution in [1.82, 2.24) is 5.32 Å². The molecule has 0 aromatic rings. The summed E-state index contributed by atoms with van der Waals surface area (Å²) < 4.78 is 0. The number of ketones is 1. The van der Waals surface area contributed by atoms with Crippen molar-refractivity contribution in [3.8, 4) is 0 Å². The average molecular weight is 171 g/mol. The first-order chi connectivity index (χ1) is 5.79. The van der Waals surface area contributed by atoms with Gasteiger partial charge in [0.2, 0.25) is 0 Å². The number of hydrogen-bond donors (Lipinski definition) is 1. The number of carbonyl (C=O) groups is 1. The number of piperidine rings is 1. The van der Waals surface area contributed by atoms with Gasteiger partial charge in [-0.05, 0) is 38.8 Å². The Kier molecular flexibility index (Phi) is 7.06. The standard InChI is InChI=1S/C8H15NO.C2H6/c1-7(10)6-8-2-4-9-5-3-8;1-2/h8-9H,2-6H2,1H3;1-2H3. The monoisotopic (exact) mass is 171 g/mol. The van der Waals surface area contributed by atoms with Gasteiger partial charge in [0.05, 0.1) is 0 Å². The summed E-state index contributed by atoms with van der Waals surface area (Å²) in [5, 5.41) is 3.28. The molecule has 2 heteroatoms. The van der Waals surface area contributed by atoms with Crippen LogP contribution in [-0.2, 0) is 4.79 Å². The largest absolute Gasteiger partial charge is 0.317 e. The highest BCUT2D eigenvalue weighted by Crippen LogP contribution is 2.15. The zero-order valence-electron chi connectivity index (χ0n) is 8.52. The third kappa shape index (κ3) is 5.30. The van der Waals surface area contributed by atoms with Crippen LogP contribution in [0.2, 0.25) is 0 Å². The second-order valence-corrected chi connectivity index (χ2v) is 3.10. The molecule has 1 aliphatic heterocycles. The van der Waals surface area contributed by atoms with Gasteiger partial charge in [-0.2, -0.15) is 0 Å². The van der Waals surface area contributed by atoms with E-state index < -0.39 is 0 Å². The number of carbonyl (C=O) groups excluding carboxylic acids is 1. The molecule has 0 aliphatic carbocycles. The average Bonchev–Trinajstić information content (AvgIpc) is 2.08. The molecule has 1 N–H and O–H groups in total. The third-order valence-electron chi connectivity index (χ3n) is 2.03. The highest BCUT2D eigenvalue weighted by Gasteiger charge is 2.13. The predicted octanol–water partition coefficient (Wildman–Crippen LogP) is 1.99. The summed E-state index contributed by atoms with van der Waals surface area (Å²) in [5.74, 6) is 1.01. The number of rotatable bonds is 2. The minimum atomic E-state index is 0.340. The van der Waals surface area contributed by atoms with E-state index in [2.05, 4.69) is 5.32 Å². The molecule has 0 aromatic heterocycles. The molecule has 2 nitrogen and oxygen atoms in total. The summed E-state index contributed by atoms with van der Waals surface area (Å²) in [7, 11) is 0. The lowest BCUT2D eigenvalue weighted by Crippen LogP contribution is -2.28. The summed E-state index contributed by atoms with van der Waals surface area (Å²) in [5.41, 5.74) is 0. The first kappa shape index (κ1) is 11.6. The minimum Gasteiger partial charge on any atom is -0.317 e. The van der Waals surface area contributed by atoms with Crippen LogP contribution >= 0.6 is 0 Å². The van der Waals surface area contributed by atoms with Gasteiger partial charge >= 0.3 is 0 Å². The van der Waals surface area contributed by atoms with E-state index in [-0.39, 0.29) is 0 Å². The lowest BCUT2D eigenvalue weighted by molar-refractivity contribution is -0.118. The molecule has 0 atom stereocenters. The van der Waals surface area contributed by atoms with Crippen LogP contribution in [0.4, 0.5) is 0 Å². The molecular formula is C10H21NO. The van der Waals surface area contributed by atoms with Crippen molar-refractivity contribution < 1.29 is 4.79 Å². The first-order valence-corrected chi connectivity index (χ1v) is 4.99. The van der Waals surface area contributed by atoms with Crippen LogP contribution in [0.1, 0.15) is 40.0 Å². The van der Waals surface area contributed by atoms with Gasteiger partial charge in [-0.3, -0.25) is 0 Å². The molecule has 0 saturated carbocycles. The molecule has 1 fully saturated rings. The number of nitrogens with one attached hydrogen (secondary N) is 1. The van der Waals surface area contributed by atoms with Crippen LogP contribution in [0.15, 0.2) is 0 Å². The van der Waals surface area contributed by atoms with E-state index in [4.69, 9.17) is 0 Å². The Labute approximate surface area is 75.7 Å². The van der Waals surface area contributed by atoms with Crippen molar-refractivity contribution >= 4 is 5.78 Å². The van der Waals surface area contributed by atoms with Gasteiger partial charge in [-0.1, -0.05) is 13.8 Å². The molecule has 0 spiro atoms. The second kappa shape index (κ2) is 7.29. The predicted molar refractivity (Wildman–Crippen MR) is 52.2 cm³/mol. The minimum absolute atomic E-state index is 0.340. The highest BCUT2D eigenvalue weighted by atomic mass is 16.1. The van der Waals surface area contributed by atoms with Crippen molar-refractivity contribution in [2.45, 2.75) is 40.0 Å². The summed E-state index contributed by atoms with van der Waals surface area (Å²) in [6.07, 6.45) is 3.15. The Morgan fingerprint density at radius 3 is 2.25 bits per heavy atom. The summed E-state index contributed by atoms with van der Waals surface area (Å²) in [6.45, 7) is 7.87. The molecule has 1 rings (SSSR count). The van der Waals surface area contributed by atoms with Crippen molar-refractivity contribution in [2.24, 2.45) is 5.92 Å². The third-order valence-corrected chi connectivity index (χ3v) is 2.03. The van der Waals surface area contributed by atoms with Crippen molar-refractivity contribution in [1.29, 1.82) is 0 Å². The Morgan fingerprint density at radius 2 is 1.83 bits per heavy atom. The van der Waals surface area contributed by atoms with E-state index in [0.717, 1.165) is 19.5 Å². The molecule has 1 aliphatic rings. The Balaban J connectivity index is 0.000000561. The second-order valence-electron chi connectivity index (χ2n) is 3.10. The fourth-order valence-corrected chi connectivity index (χ4v) is 1.49. The molecular weight excluding hydrogens is 150 g/mol. The van der Waals surface area contributed by atoms with Crippen molar-refractivity contribution in [2.75, 3.05) is 13.1 Å². The van der Waals surface area contributed by atoms with E-state index >= 15 is 0 Å². The molecule has 72 valence electrons. The van der Waals surface area contributed by atoms with Crippen molar-refractivity contribution in [3.05, 3.63) is 0 Å². The van der Waals surface area contributed by atoms with Gasteiger partial charge in [-0.15, -0.1) is 0 Å². The van der Waals surface area contributed by atoms with Crippen LogP contribution in [0.5, 0.6) is 0 Å². The van der Waals surface area contributed by atoms with Gasteiger partial charge in [0.1, 0.15) is 5.78 Å². The van der Waals surface area contributed by atoms with E-state index in [0.29, 0.717) is 11.7 Å². The van der Waals surface area contributed by atoms with Crippen LogP contribution in [-0.4, -0.2) is 18.9 Å². The van der Waals surface area contributed by atoms with E-state index in [9.17, 15) is 4.79 Å². The first-order valence-electron chi connectivity index (χ1n) is 4.99. The molecule has 1 saturated heterocycles. The fourth-order valence-electron chi connectivity index (χ4n) is 1.49. The smallest absolute Gasteiger partial charge is 0.130 e. The highest BCUT2D eigenvalue weighted by molar-refractivity contribution is 5.75. The van der Waals surface area contributed by atoms with E-state index in [1.807, 2.05) is 13.8 Å². The van der Waals surface area contributed by atoms with Gasteiger partial charge in [0, 0.05) is 6.42 Å². The van der Waals surface area contributed by atoms with Gasteiger partial charge in [-0.25, -0.2) is 0 Å². The zero-order valence-corrected chi connectivity index (χ0v) is 8.52. The van der Waals surface area contributed by atoms with Crippen molar-refractivity contribution in [3.63, 3.8) is 0 Å². The van der Waals surface area contributed by atoms with Gasteiger partial charge in [0.15, 0.2) is 0 Å². The van der Waals surface area contributed by atoms with Gasteiger partial charge in [0.25, 0.3) is 0 Å². The maximum atomic E-state index is 10.7.